The average molecular weight is 284 g/mol. The van der Waals surface area contributed by atoms with Crippen molar-refractivity contribution in [2.45, 2.75) is 11.8 Å². The van der Waals surface area contributed by atoms with Crippen LogP contribution >= 0.6 is 11.6 Å². The number of nitrogens with two attached hydrogens (primary N) is 1. The van der Waals surface area contributed by atoms with Gasteiger partial charge in [0, 0.05) is 0 Å². The van der Waals surface area contributed by atoms with E-state index in [-0.39, 0.29) is 0 Å². The number of carbonyl (C=O) groups is 1. The monoisotopic (exact) mass is 283 g/mol. The minimum absolute atomic E-state index is 0.528. The minimum Gasteiger partial charge on any atom is -0.366 e. The number of hydrogen-bond acceptors (Lipinski definition) is 3. The van der Waals surface area contributed by atoms with Gasteiger partial charge in [-0.25, -0.2) is 17.2 Å². The van der Waals surface area contributed by atoms with Crippen LogP contribution in [0.4, 0.5) is 8.78 Å². The van der Waals surface area contributed by atoms with Gasteiger partial charge < -0.3 is 5.73 Å². The number of sulfone groups is 1. The molecule has 94 valence electrons. The first-order chi connectivity index (χ1) is 7.72. The van der Waals surface area contributed by atoms with Gasteiger partial charge in [0.1, 0.15) is 4.90 Å². The van der Waals surface area contributed by atoms with E-state index in [0.29, 0.717) is 6.07 Å². The first-order valence-corrected chi connectivity index (χ1v) is 6.45. The first kappa shape index (κ1) is 13.9. The minimum atomic E-state index is -4.18. The average Bonchev–Trinajstić information content (AvgIpc) is 2.23. The molecule has 1 amide bonds. The molecule has 0 aliphatic heterocycles. The van der Waals surface area contributed by atoms with E-state index in [2.05, 4.69) is 0 Å². The summed E-state index contributed by atoms with van der Waals surface area (Å²) in [5, 5.41) is -0.674. The van der Waals surface area contributed by atoms with Crippen molar-refractivity contribution in [1.82, 2.24) is 0 Å². The molecule has 0 saturated carbocycles. The highest BCUT2D eigenvalue weighted by molar-refractivity contribution is 7.91. The Morgan fingerprint density at radius 1 is 1.41 bits per heavy atom. The summed E-state index contributed by atoms with van der Waals surface area (Å²) in [5.41, 5.74) is 4.07. The first-order valence-electron chi connectivity index (χ1n) is 4.42. The quantitative estimate of drug-likeness (QED) is 0.854. The van der Waals surface area contributed by atoms with Gasteiger partial charge in [0.25, 0.3) is 5.91 Å². The Morgan fingerprint density at radius 3 is 2.35 bits per heavy atom. The number of primary amides is 1. The predicted molar refractivity (Wildman–Crippen MR) is 57.6 cm³/mol. The van der Waals surface area contributed by atoms with Gasteiger partial charge in [-0.3, -0.25) is 4.79 Å². The van der Waals surface area contributed by atoms with Crippen molar-refractivity contribution in [3.8, 4) is 0 Å². The molecule has 8 heteroatoms. The normalized spacial score (nSPS) is 11.5. The highest BCUT2D eigenvalue weighted by Gasteiger charge is 2.28. The van der Waals surface area contributed by atoms with Crippen LogP contribution in [-0.4, -0.2) is 20.1 Å². The van der Waals surface area contributed by atoms with Gasteiger partial charge in [0.15, 0.2) is 21.5 Å². The zero-order valence-electron chi connectivity index (χ0n) is 8.63. The Hall–Kier alpha value is -1.21. The molecule has 0 aromatic heterocycles. The summed E-state index contributed by atoms with van der Waals surface area (Å²) >= 11 is 5.38. The van der Waals surface area contributed by atoms with Crippen LogP contribution in [0.15, 0.2) is 11.0 Å². The second kappa shape index (κ2) is 4.58. The lowest BCUT2D eigenvalue weighted by Gasteiger charge is -2.09. The van der Waals surface area contributed by atoms with E-state index < -0.39 is 48.6 Å². The molecule has 1 rings (SSSR count). The van der Waals surface area contributed by atoms with Crippen molar-refractivity contribution < 1.29 is 22.0 Å². The molecule has 1 aromatic rings. The standard InChI is InChI=1S/C9H8ClF2NO3S/c1-2-17(15,16)8-6(11)4(9(13)14)3-5(10)7(8)12/h3H,2H2,1H3,(H2,13,14). The molecule has 0 atom stereocenters. The fourth-order valence-corrected chi connectivity index (χ4v) is 2.49. The number of benzene rings is 1. The van der Waals surface area contributed by atoms with Crippen LogP contribution in [0.2, 0.25) is 5.02 Å². The van der Waals surface area contributed by atoms with Crippen LogP contribution in [0, 0.1) is 11.6 Å². The zero-order chi connectivity index (χ0) is 13.4. The van der Waals surface area contributed by atoms with Gasteiger partial charge in [-0.05, 0) is 6.07 Å². The van der Waals surface area contributed by atoms with Gasteiger partial charge in [-0.1, -0.05) is 18.5 Å². The summed E-state index contributed by atoms with van der Waals surface area (Å²) in [6.45, 7) is 1.21. The third-order valence-corrected chi connectivity index (χ3v) is 4.09. The molecule has 0 heterocycles. The second-order valence-electron chi connectivity index (χ2n) is 3.13. The molecule has 2 N–H and O–H groups in total. The zero-order valence-corrected chi connectivity index (χ0v) is 10.2. The van der Waals surface area contributed by atoms with Gasteiger partial charge in [0.05, 0.1) is 16.3 Å². The highest BCUT2D eigenvalue weighted by Crippen LogP contribution is 2.28. The molecule has 1 aromatic carbocycles. The van der Waals surface area contributed by atoms with Crippen LogP contribution in [-0.2, 0) is 9.84 Å². The molecule has 0 saturated heterocycles. The molecule has 0 bridgehead atoms. The fraction of sp³-hybridized carbons (Fsp3) is 0.222. The maximum absolute atomic E-state index is 13.7. The van der Waals surface area contributed by atoms with E-state index in [1.807, 2.05) is 0 Å². The Bertz CT molecular complexity index is 586. The van der Waals surface area contributed by atoms with Crippen molar-refractivity contribution in [3.05, 3.63) is 28.3 Å². The van der Waals surface area contributed by atoms with Crippen LogP contribution < -0.4 is 5.73 Å². The molecule has 4 nitrogen and oxygen atoms in total. The number of halogens is 3. The summed E-state index contributed by atoms with van der Waals surface area (Å²) in [6, 6.07) is 0.656. The highest BCUT2D eigenvalue weighted by atomic mass is 35.5. The Kier molecular flexibility index (Phi) is 3.73. The van der Waals surface area contributed by atoms with Crippen LogP contribution in [0.3, 0.4) is 0 Å². The van der Waals surface area contributed by atoms with E-state index in [1.54, 1.807) is 0 Å². The number of hydrogen-bond donors (Lipinski definition) is 1. The number of carbonyl (C=O) groups excluding carboxylic acids is 1. The van der Waals surface area contributed by atoms with Gasteiger partial charge >= 0.3 is 0 Å². The Morgan fingerprint density at radius 2 is 1.94 bits per heavy atom. The van der Waals surface area contributed by atoms with Crippen molar-refractivity contribution in [1.29, 1.82) is 0 Å². The van der Waals surface area contributed by atoms with Crippen LogP contribution in [0.25, 0.3) is 0 Å². The summed E-state index contributed by atoms with van der Waals surface area (Å²) in [5.74, 6) is -4.69. The van der Waals surface area contributed by atoms with Crippen molar-refractivity contribution in [2.24, 2.45) is 5.73 Å². The smallest absolute Gasteiger partial charge is 0.251 e. The third kappa shape index (κ3) is 2.39. The lowest BCUT2D eigenvalue weighted by molar-refractivity contribution is 0.0996. The molecular formula is C9H8ClF2NO3S. The Labute approximate surface area is 101 Å². The molecule has 0 aliphatic carbocycles. The lowest BCUT2D eigenvalue weighted by Crippen LogP contribution is -2.18. The lowest BCUT2D eigenvalue weighted by atomic mass is 10.2. The topological polar surface area (TPSA) is 77.2 Å². The van der Waals surface area contributed by atoms with Crippen LogP contribution in [0.5, 0.6) is 0 Å². The van der Waals surface area contributed by atoms with E-state index >= 15 is 0 Å². The molecule has 0 aliphatic rings. The maximum atomic E-state index is 13.7. The molecule has 0 radical (unpaired) electrons. The summed E-state index contributed by atoms with van der Waals surface area (Å²) in [7, 11) is -4.18. The van der Waals surface area contributed by atoms with Crippen LogP contribution in [0.1, 0.15) is 17.3 Å². The van der Waals surface area contributed by atoms with Crippen molar-refractivity contribution in [2.75, 3.05) is 5.75 Å². The molecule has 0 spiro atoms. The SMILES string of the molecule is CCS(=O)(=O)c1c(F)c(Cl)cc(C(N)=O)c1F. The van der Waals surface area contributed by atoms with E-state index in [1.165, 1.54) is 6.92 Å². The number of amides is 1. The fourth-order valence-electron chi connectivity index (χ4n) is 1.18. The summed E-state index contributed by atoms with van der Waals surface area (Å²) in [6.07, 6.45) is 0. The molecule has 0 fully saturated rings. The maximum Gasteiger partial charge on any atom is 0.251 e. The van der Waals surface area contributed by atoms with Crippen molar-refractivity contribution >= 4 is 27.3 Å². The van der Waals surface area contributed by atoms with Gasteiger partial charge in [0.2, 0.25) is 0 Å². The summed E-state index contributed by atoms with van der Waals surface area (Å²) in [4.78, 5) is 9.64. The largest absolute Gasteiger partial charge is 0.366 e. The van der Waals surface area contributed by atoms with E-state index in [4.69, 9.17) is 17.3 Å². The Balaban J connectivity index is 3.77. The molecule has 17 heavy (non-hydrogen) atoms. The van der Waals surface area contributed by atoms with E-state index in [0.717, 1.165) is 0 Å². The predicted octanol–water partition coefficient (Wildman–Crippen LogP) is 1.51. The second-order valence-corrected chi connectivity index (χ2v) is 5.75. The van der Waals surface area contributed by atoms with Gasteiger partial charge in [-0.15, -0.1) is 0 Å². The summed E-state index contributed by atoms with van der Waals surface area (Å²) < 4.78 is 50.1. The van der Waals surface area contributed by atoms with Crippen molar-refractivity contribution in [3.63, 3.8) is 0 Å². The molecular weight excluding hydrogens is 276 g/mol. The van der Waals surface area contributed by atoms with E-state index in [9.17, 15) is 22.0 Å². The number of rotatable bonds is 3. The van der Waals surface area contributed by atoms with Gasteiger partial charge in [-0.2, -0.15) is 0 Å². The third-order valence-electron chi connectivity index (χ3n) is 2.07. The molecule has 0 unspecified atom stereocenters.